The van der Waals surface area contributed by atoms with Gasteiger partial charge in [-0.3, -0.25) is 9.59 Å². The van der Waals surface area contributed by atoms with Crippen molar-refractivity contribution in [2.45, 2.75) is 52.5 Å². The molecule has 3 heterocycles. The van der Waals surface area contributed by atoms with E-state index in [1.54, 1.807) is 30.3 Å². The molecule has 1 aliphatic heterocycles. The number of amides is 2. The van der Waals surface area contributed by atoms with E-state index in [1.165, 1.54) is 0 Å². The molecule has 0 N–H and O–H groups in total. The number of anilines is 2. The van der Waals surface area contributed by atoms with Gasteiger partial charge in [-0.05, 0) is 24.1 Å². The lowest BCUT2D eigenvalue weighted by molar-refractivity contribution is -0.131. The van der Waals surface area contributed by atoms with Crippen molar-refractivity contribution in [3.63, 3.8) is 0 Å². The molecular formula is C26H33N7O3. The number of hydrogen-bond acceptors (Lipinski definition) is 8. The normalized spacial score (nSPS) is 14.9. The molecule has 10 heteroatoms. The molecule has 0 saturated carbocycles. The summed E-state index contributed by atoms with van der Waals surface area (Å²) in [5, 5.41) is 8.15. The lowest BCUT2D eigenvalue weighted by Crippen LogP contribution is -2.39. The topological polar surface area (TPSA) is 109 Å². The zero-order valence-electron chi connectivity index (χ0n) is 21.1. The summed E-state index contributed by atoms with van der Waals surface area (Å²) in [7, 11) is 0. The first-order valence-electron chi connectivity index (χ1n) is 12.4. The average molecular weight is 492 g/mol. The van der Waals surface area contributed by atoms with Crippen LogP contribution in [0.15, 0.2) is 47.1 Å². The standard InChI is InChI=1S/C26H33N7O3/c1-19(2)25-30-29-23(36-25)10-11-24(35)32-17-16-31(26-27-12-6-13-28-26)14-7-15-33(20(3)34)22-9-5-4-8-21(22)18-32/h4-6,8-9,12-13,19H,7,10-11,14-18H2,1-3H3. The number of aromatic nitrogens is 4. The molecule has 0 unspecified atom stereocenters. The molecule has 36 heavy (non-hydrogen) atoms. The fourth-order valence-corrected chi connectivity index (χ4v) is 4.25. The van der Waals surface area contributed by atoms with E-state index in [0.717, 1.165) is 17.7 Å². The van der Waals surface area contributed by atoms with Crippen LogP contribution in [0.5, 0.6) is 0 Å². The summed E-state index contributed by atoms with van der Waals surface area (Å²) in [5.74, 6) is 1.75. The third-order valence-electron chi connectivity index (χ3n) is 6.19. The Labute approximate surface area is 211 Å². The maximum Gasteiger partial charge on any atom is 0.225 e. The Morgan fingerprint density at radius 1 is 1.00 bits per heavy atom. The molecule has 0 bridgehead atoms. The van der Waals surface area contributed by atoms with Gasteiger partial charge in [0.2, 0.25) is 29.5 Å². The van der Waals surface area contributed by atoms with Gasteiger partial charge in [-0.1, -0.05) is 32.0 Å². The van der Waals surface area contributed by atoms with Crippen LogP contribution >= 0.6 is 0 Å². The van der Waals surface area contributed by atoms with E-state index in [1.807, 2.05) is 43.0 Å². The lowest BCUT2D eigenvalue weighted by Gasteiger charge is -2.28. The first kappa shape index (κ1) is 25.3. The average Bonchev–Trinajstić information content (AvgIpc) is 3.35. The Hall–Kier alpha value is -3.82. The summed E-state index contributed by atoms with van der Waals surface area (Å²) in [5.41, 5.74) is 1.77. The van der Waals surface area contributed by atoms with Gasteiger partial charge in [0, 0.05) is 76.5 Å². The fraction of sp³-hybridized carbons (Fsp3) is 0.462. The van der Waals surface area contributed by atoms with Gasteiger partial charge in [0.15, 0.2) is 0 Å². The number of carbonyl (C=O) groups excluding carboxylic acids is 2. The van der Waals surface area contributed by atoms with Gasteiger partial charge >= 0.3 is 0 Å². The van der Waals surface area contributed by atoms with Crippen LogP contribution in [0.1, 0.15) is 56.9 Å². The third kappa shape index (κ3) is 6.24. The molecule has 10 nitrogen and oxygen atoms in total. The highest BCUT2D eigenvalue weighted by molar-refractivity contribution is 5.92. The van der Waals surface area contributed by atoms with Crippen molar-refractivity contribution in [3.05, 3.63) is 60.1 Å². The number of hydrogen-bond donors (Lipinski definition) is 0. The molecule has 4 rings (SSSR count). The van der Waals surface area contributed by atoms with Crippen LogP contribution in [-0.2, 0) is 22.6 Å². The Kier molecular flexibility index (Phi) is 8.24. The van der Waals surface area contributed by atoms with Gasteiger partial charge in [-0.15, -0.1) is 10.2 Å². The molecule has 1 aliphatic rings. The minimum Gasteiger partial charge on any atom is -0.425 e. The summed E-state index contributed by atoms with van der Waals surface area (Å²) in [6, 6.07) is 9.57. The number of fused-ring (bicyclic) bond motifs is 1. The largest absolute Gasteiger partial charge is 0.425 e. The highest BCUT2D eigenvalue weighted by Crippen LogP contribution is 2.24. The summed E-state index contributed by atoms with van der Waals surface area (Å²) in [6.07, 6.45) is 4.80. The third-order valence-corrected chi connectivity index (χ3v) is 6.19. The van der Waals surface area contributed by atoms with Crippen molar-refractivity contribution < 1.29 is 14.0 Å². The molecule has 1 aromatic carbocycles. The highest BCUT2D eigenvalue weighted by atomic mass is 16.4. The van der Waals surface area contributed by atoms with Crippen molar-refractivity contribution in [2.24, 2.45) is 0 Å². The number of para-hydroxylation sites is 1. The van der Waals surface area contributed by atoms with Crippen LogP contribution in [0.2, 0.25) is 0 Å². The van der Waals surface area contributed by atoms with Crippen LogP contribution in [0.4, 0.5) is 11.6 Å². The monoisotopic (exact) mass is 491 g/mol. The second kappa shape index (κ2) is 11.7. The predicted octanol–water partition coefficient (Wildman–Crippen LogP) is 3.21. The van der Waals surface area contributed by atoms with Crippen LogP contribution in [0, 0.1) is 0 Å². The Balaban J connectivity index is 1.58. The Bertz CT molecular complexity index is 1170. The maximum atomic E-state index is 13.4. The summed E-state index contributed by atoms with van der Waals surface area (Å²) in [4.78, 5) is 40.5. The quantitative estimate of drug-likeness (QED) is 0.535. The summed E-state index contributed by atoms with van der Waals surface area (Å²) >= 11 is 0. The van der Waals surface area contributed by atoms with E-state index < -0.39 is 0 Å². The van der Waals surface area contributed by atoms with Crippen molar-refractivity contribution in [3.8, 4) is 0 Å². The predicted molar refractivity (Wildman–Crippen MR) is 135 cm³/mol. The number of nitrogens with zero attached hydrogens (tertiary/aromatic N) is 7. The molecule has 190 valence electrons. The second-order valence-corrected chi connectivity index (χ2v) is 9.19. The molecular weight excluding hydrogens is 458 g/mol. The van der Waals surface area contributed by atoms with Crippen LogP contribution in [0.3, 0.4) is 0 Å². The van der Waals surface area contributed by atoms with Crippen LogP contribution in [0.25, 0.3) is 0 Å². The van der Waals surface area contributed by atoms with E-state index in [-0.39, 0.29) is 24.2 Å². The smallest absolute Gasteiger partial charge is 0.225 e. The molecule has 3 aromatic rings. The Morgan fingerprint density at radius 2 is 1.78 bits per heavy atom. The van der Waals surface area contributed by atoms with E-state index in [9.17, 15) is 9.59 Å². The van der Waals surface area contributed by atoms with Crippen molar-refractivity contribution in [1.29, 1.82) is 0 Å². The molecule has 0 fully saturated rings. The number of aryl methyl sites for hydroxylation is 1. The van der Waals surface area contributed by atoms with Gasteiger partial charge in [-0.25, -0.2) is 9.97 Å². The molecule has 0 aliphatic carbocycles. The van der Waals surface area contributed by atoms with Crippen LogP contribution in [-0.4, -0.2) is 63.1 Å². The highest BCUT2D eigenvalue weighted by Gasteiger charge is 2.23. The molecule has 2 amide bonds. The first-order chi connectivity index (χ1) is 17.4. The number of rotatable bonds is 5. The summed E-state index contributed by atoms with van der Waals surface area (Å²) in [6.45, 7) is 8.25. The van der Waals surface area contributed by atoms with Crippen molar-refractivity contribution in [1.82, 2.24) is 25.1 Å². The maximum absolute atomic E-state index is 13.4. The van der Waals surface area contributed by atoms with Crippen molar-refractivity contribution >= 4 is 23.5 Å². The van der Waals surface area contributed by atoms with E-state index in [4.69, 9.17) is 4.42 Å². The van der Waals surface area contributed by atoms with Crippen LogP contribution < -0.4 is 9.80 Å². The van der Waals surface area contributed by atoms with Crippen molar-refractivity contribution in [2.75, 3.05) is 36.0 Å². The number of benzene rings is 1. The SMILES string of the molecule is CC(=O)N1CCCN(c2ncccn2)CCN(C(=O)CCc2nnc(C(C)C)o2)Cc2ccccc21. The molecule has 0 atom stereocenters. The van der Waals surface area contributed by atoms with E-state index >= 15 is 0 Å². The second-order valence-electron chi connectivity index (χ2n) is 9.19. The van der Waals surface area contributed by atoms with Gasteiger partial charge in [0.25, 0.3) is 0 Å². The van der Waals surface area contributed by atoms with E-state index in [2.05, 4.69) is 25.1 Å². The van der Waals surface area contributed by atoms with Gasteiger partial charge < -0.3 is 19.1 Å². The van der Waals surface area contributed by atoms with Gasteiger partial charge in [0.1, 0.15) is 0 Å². The minimum atomic E-state index is -0.0283. The van der Waals surface area contributed by atoms with Gasteiger partial charge in [-0.2, -0.15) is 0 Å². The minimum absolute atomic E-state index is 0.0170. The molecule has 2 aromatic heterocycles. The first-order valence-corrected chi connectivity index (χ1v) is 12.4. The summed E-state index contributed by atoms with van der Waals surface area (Å²) < 4.78 is 5.69. The fourth-order valence-electron chi connectivity index (χ4n) is 4.25. The lowest BCUT2D eigenvalue weighted by atomic mass is 10.1. The van der Waals surface area contributed by atoms with Gasteiger partial charge in [0.05, 0.1) is 0 Å². The molecule has 0 radical (unpaired) electrons. The zero-order valence-corrected chi connectivity index (χ0v) is 21.1. The number of carbonyl (C=O) groups is 2. The van der Waals surface area contributed by atoms with E-state index in [0.29, 0.717) is 56.9 Å². The molecule has 0 spiro atoms. The molecule has 0 saturated heterocycles. The Morgan fingerprint density at radius 3 is 2.50 bits per heavy atom. The zero-order chi connectivity index (χ0) is 25.5.